The minimum absolute atomic E-state index is 0.173. The number of carbonyl (C=O) groups excluding carboxylic acids is 1. The van der Waals surface area contributed by atoms with Gasteiger partial charge in [0, 0.05) is 6.42 Å². The fourth-order valence-corrected chi connectivity index (χ4v) is 10.5. The van der Waals surface area contributed by atoms with E-state index in [1.54, 1.807) is 6.08 Å². The number of allylic oxidation sites excluding steroid dienone is 5. The summed E-state index contributed by atoms with van der Waals surface area (Å²) in [5, 5.41) is 54.5. The minimum Gasteiger partial charge on any atom is -0.394 e. The molecule has 1 amide bonds. The Balaban J connectivity index is 2.07. The first-order valence-electron chi connectivity index (χ1n) is 32.7. The Kier molecular flexibility index (Phi) is 53.1. The number of unbranched alkanes of at least 4 members (excludes halogenated alkanes) is 43. The standard InChI is InChI=1S/C66H125NO8/c1-3-5-7-9-11-13-15-17-19-20-21-22-23-24-25-26-27-28-29-30-31-32-33-34-35-36-37-38-39-40-42-44-46-48-50-52-54-56-62(70)67-59(58-74-66-65(73)64(72)63(71)61(57-68)75-66)60(69)55-53-51-49-47-45-43-41-18-16-14-12-10-8-6-4-2/h25-26,28-29,53,55,59-61,63-66,68-69,71-73H,3-24,27,30-52,54,56-58H2,1-2H3,(H,67,70)/b26-25-,29-28-,55-53+. The quantitative estimate of drug-likeness (QED) is 0.0261. The molecular weight excluding hydrogens is 935 g/mol. The van der Waals surface area contributed by atoms with Crippen LogP contribution in [0.1, 0.15) is 322 Å². The summed E-state index contributed by atoms with van der Waals surface area (Å²) in [6.07, 6.45) is 66.8. The van der Waals surface area contributed by atoms with Crippen molar-refractivity contribution < 1.29 is 39.8 Å². The predicted molar refractivity (Wildman–Crippen MR) is 318 cm³/mol. The molecule has 0 aromatic heterocycles. The topological polar surface area (TPSA) is 149 Å². The zero-order valence-electron chi connectivity index (χ0n) is 49.3. The fraction of sp³-hybridized carbons (Fsp3) is 0.894. The largest absolute Gasteiger partial charge is 0.394 e. The van der Waals surface area contributed by atoms with Crippen molar-refractivity contribution in [1.82, 2.24) is 5.32 Å². The lowest BCUT2D eigenvalue weighted by molar-refractivity contribution is -0.302. The van der Waals surface area contributed by atoms with Crippen LogP contribution in [0.4, 0.5) is 0 Å². The van der Waals surface area contributed by atoms with Gasteiger partial charge in [0.1, 0.15) is 24.4 Å². The molecule has 442 valence electrons. The molecule has 0 bridgehead atoms. The van der Waals surface area contributed by atoms with Gasteiger partial charge in [-0.2, -0.15) is 0 Å². The van der Waals surface area contributed by atoms with E-state index in [4.69, 9.17) is 9.47 Å². The van der Waals surface area contributed by atoms with Crippen molar-refractivity contribution in [3.05, 3.63) is 36.5 Å². The lowest BCUT2D eigenvalue weighted by Crippen LogP contribution is -2.60. The first kappa shape index (κ1) is 71.4. The van der Waals surface area contributed by atoms with E-state index in [-0.39, 0.29) is 12.5 Å². The first-order chi connectivity index (χ1) is 36.8. The van der Waals surface area contributed by atoms with Crippen molar-refractivity contribution in [2.24, 2.45) is 0 Å². The van der Waals surface area contributed by atoms with Gasteiger partial charge in [-0.3, -0.25) is 4.79 Å². The summed E-state index contributed by atoms with van der Waals surface area (Å²) in [4.78, 5) is 13.1. The van der Waals surface area contributed by atoms with Crippen LogP contribution in [0.5, 0.6) is 0 Å². The van der Waals surface area contributed by atoms with Crippen molar-refractivity contribution in [2.75, 3.05) is 13.2 Å². The number of nitrogens with one attached hydrogen (secondary N) is 1. The van der Waals surface area contributed by atoms with Gasteiger partial charge in [-0.05, 0) is 51.4 Å². The van der Waals surface area contributed by atoms with Gasteiger partial charge in [0.2, 0.25) is 5.91 Å². The molecule has 1 saturated heterocycles. The second-order valence-electron chi connectivity index (χ2n) is 22.9. The SMILES string of the molecule is CCCCCCCCCCCCCCC/C=C\C/C=C\CCCCCCCCCCCCCCCCCCCC(=O)NC(COC1OC(CO)C(O)C(O)C1O)C(O)/C=C/CCCCCCCCCCCCCCC. The van der Waals surface area contributed by atoms with E-state index in [1.807, 2.05) is 6.08 Å². The third kappa shape index (κ3) is 44.9. The van der Waals surface area contributed by atoms with Crippen LogP contribution in [-0.2, 0) is 14.3 Å². The molecule has 1 heterocycles. The first-order valence-corrected chi connectivity index (χ1v) is 32.7. The van der Waals surface area contributed by atoms with Gasteiger partial charge in [0.15, 0.2) is 6.29 Å². The van der Waals surface area contributed by atoms with Crippen LogP contribution in [0.25, 0.3) is 0 Å². The third-order valence-electron chi connectivity index (χ3n) is 15.7. The molecule has 0 saturated carbocycles. The van der Waals surface area contributed by atoms with Crippen LogP contribution in [-0.4, -0.2) is 87.5 Å². The second-order valence-corrected chi connectivity index (χ2v) is 22.9. The molecular formula is C66H125NO8. The monoisotopic (exact) mass is 1060 g/mol. The summed E-state index contributed by atoms with van der Waals surface area (Å²) in [6, 6.07) is -0.804. The smallest absolute Gasteiger partial charge is 0.220 e. The highest BCUT2D eigenvalue weighted by Gasteiger charge is 2.44. The predicted octanol–water partition coefficient (Wildman–Crippen LogP) is 17.1. The number of aliphatic hydroxyl groups excluding tert-OH is 5. The summed E-state index contributed by atoms with van der Waals surface area (Å²) in [5.74, 6) is -0.173. The Morgan fingerprint density at radius 2 is 0.787 bits per heavy atom. The number of hydrogen-bond acceptors (Lipinski definition) is 8. The molecule has 1 rings (SSSR count). The molecule has 0 radical (unpaired) electrons. The van der Waals surface area contributed by atoms with Crippen LogP contribution in [0.3, 0.4) is 0 Å². The highest BCUT2D eigenvalue weighted by molar-refractivity contribution is 5.76. The summed E-state index contributed by atoms with van der Waals surface area (Å²) in [5.41, 5.74) is 0. The lowest BCUT2D eigenvalue weighted by atomic mass is 9.99. The van der Waals surface area contributed by atoms with Crippen molar-refractivity contribution in [1.29, 1.82) is 0 Å². The summed E-state index contributed by atoms with van der Waals surface area (Å²) < 4.78 is 11.3. The summed E-state index contributed by atoms with van der Waals surface area (Å²) in [6.45, 7) is 3.81. The Hall–Kier alpha value is -1.59. The Labute approximate surface area is 463 Å². The van der Waals surface area contributed by atoms with E-state index in [0.29, 0.717) is 6.42 Å². The van der Waals surface area contributed by atoms with Crippen LogP contribution in [0, 0.1) is 0 Å². The second kappa shape index (κ2) is 55.7. The normalized spacial score (nSPS) is 19.1. The van der Waals surface area contributed by atoms with Crippen LogP contribution in [0.2, 0.25) is 0 Å². The number of carbonyl (C=O) groups is 1. The minimum atomic E-state index is -1.57. The molecule has 1 aliphatic rings. The van der Waals surface area contributed by atoms with E-state index in [0.717, 1.165) is 44.9 Å². The van der Waals surface area contributed by atoms with Gasteiger partial charge in [0.05, 0.1) is 25.4 Å². The van der Waals surface area contributed by atoms with Crippen LogP contribution in [0.15, 0.2) is 36.5 Å². The number of hydrogen-bond donors (Lipinski definition) is 6. The zero-order valence-corrected chi connectivity index (χ0v) is 49.3. The van der Waals surface area contributed by atoms with E-state index in [1.165, 1.54) is 257 Å². The molecule has 0 aliphatic carbocycles. The molecule has 0 aromatic rings. The molecule has 1 aliphatic heterocycles. The van der Waals surface area contributed by atoms with Gasteiger partial charge in [-0.25, -0.2) is 0 Å². The molecule has 0 spiro atoms. The molecule has 9 nitrogen and oxygen atoms in total. The molecule has 9 heteroatoms. The van der Waals surface area contributed by atoms with Gasteiger partial charge >= 0.3 is 0 Å². The van der Waals surface area contributed by atoms with Gasteiger partial charge < -0.3 is 40.3 Å². The number of amides is 1. The Morgan fingerprint density at radius 1 is 0.453 bits per heavy atom. The lowest BCUT2D eigenvalue weighted by Gasteiger charge is -2.40. The summed E-state index contributed by atoms with van der Waals surface area (Å²) >= 11 is 0. The van der Waals surface area contributed by atoms with E-state index < -0.39 is 49.5 Å². The third-order valence-corrected chi connectivity index (χ3v) is 15.7. The molecule has 75 heavy (non-hydrogen) atoms. The average molecular weight is 1060 g/mol. The van der Waals surface area contributed by atoms with E-state index >= 15 is 0 Å². The van der Waals surface area contributed by atoms with Crippen molar-refractivity contribution in [3.8, 4) is 0 Å². The van der Waals surface area contributed by atoms with Gasteiger partial charge in [0.25, 0.3) is 0 Å². The van der Waals surface area contributed by atoms with E-state index in [2.05, 4.69) is 43.5 Å². The van der Waals surface area contributed by atoms with Crippen molar-refractivity contribution in [2.45, 2.75) is 365 Å². The maximum absolute atomic E-state index is 13.1. The Morgan fingerprint density at radius 3 is 1.15 bits per heavy atom. The zero-order chi connectivity index (χ0) is 54.3. The van der Waals surface area contributed by atoms with Gasteiger partial charge in [-0.1, -0.05) is 301 Å². The highest BCUT2D eigenvalue weighted by atomic mass is 16.7. The fourth-order valence-electron chi connectivity index (χ4n) is 10.5. The summed E-state index contributed by atoms with van der Waals surface area (Å²) in [7, 11) is 0. The van der Waals surface area contributed by atoms with Gasteiger partial charge in [-0.15, -0.1) is 0 Å². The molecule has 1 fully saturated rings. The highest BCUT2D eigenvalue weighted by Crippen LogP contribution is 2.23. The maximum Gasteiger partial charge on any atom is 0.220 e. The molecule has 7 unspecified atom stereocenters. The average Bonchev–Trinajstić information content (AvgIpc) is 3.41. The Bertz CT molecular complexity index is 1270. The number of rotatable bonds is 57. The van der Waals surface area contributed by atoms with Crippen LogP contribution >= 0.6 is 0 Å². The van der Waals surface area contributed by atoms with Crippen LogP contribution < -0.4 is 5.32 Å². The van der Waals surface area contributed by atoms with E-state index in [9.17, 15) is 30.3 Å². The molecule has 7 atom stereocenters. The van der Waals surface area contributed by atoms with Crippen molar-refractivity contribution >= 4 is 5.91 Å². The maximum atomic E-state index is 13.1. The van der Waals surface area contributed by atoms with Crippen molar-refractivity contribution in [3.63, 3.8) is 0 Å². The number of aliphatic hydroxyl groups is 5. The molecule has 0 aromatic carbocycles. The molecule has 6 N–H and O–H groups in total. The number of ether oxygens (including phenoxy) is 2.